The molecule has 2 atom stereocenters. The zero-order chi connectivity index (χ0) is 27.4. The number of ether oxygens (including phenoxy) is 3. The summed E-state index contributed by atoms with van der Waals surface area (Å²) in [4.78, 5) is 19.0. The van der Waals surface area contributed by atoms with E-state index >= 15 is 0 Å². The average Bonchev–Trinajstić information content (AvgIpc) is 3.34. The largest absolute Gasteiger partial charge is 0.760 e. The lowest BCUT2D eigenvalue weighted by atomic mass is 9.89. The predicted molar refractivity (Wildman–Crippen MR) is 145 cm³/mol. The van der Waals surface area contributed by atoms with E-state index in [-0.39, 0.29) is 5.92 Å². The minimum atomic E-state index is -2.49. The van der Waals surface area contributed by atoms with Crippen LogP contribution in [0.2, 0.25) is 0 Å². The molecular weight excluding hydrogens is 522 g/mol. The van der Waals surface area contributed by atoms with Crippen molar-refractivity contribution in [1.82, 2.24) is 34.5 Å². The Morgan fingerprint density at radius 2 is 1.82 bits per heavy atom. The van der Waals surface area contributed by atoms with Crippen LogP contribution in [0.4, 0.5) is 0 Å². The third-order valence-electron chi connectivity index (χ3n) is 6.66. The van der Waals surface area contributed by atoms with E-state index in [0.717, 1.165) is 25.9 Å². The lowest BCUT2D eigenvalue weighted by Gasteiger charge is -2.31. The van der Waals surface area contributed by atoms with Gasteiger partial charge < -0.3 is 24.1 Å². The first-order valence-corrected chi connectivity index (χ1v) is 13.7. The predicted octanol–water partition coefficient (Wildman–Crippen LogP) is 2.72. The van der Waals surface area contributed by atoms with Gasteiger partial charge in [-0.25, -0.2) is 24.7 Å². The number of imidazole rings is 1. The first kappa shape index (κ1) is 26.9. The Morgan fingerprint density at radius 3 is 2.49 bits per heavy atom. The number of piperidine rings is 1. The number of hydrogen-bond acceptors (Lipinski definition) is 10. The van der Waals surface area contributed by atoms with Gasteiger partial charge >= 0.3 is 0 Å². The number of nitrogens with one attached hydrogen (secondary N) is 2. The molecule has 0 amide bonds. The number of pyridine rings is 1. The molecule has 1 aromatic carbocycles. The zero-order valence-electron chi connectivity index (χ0n) is 21.9. The van der Waals surface area contributed by atoms with Crippen molar-refractivity contribution in [2.24, 2.45) is 5.92 Å². The van der Waals surface area contributed by atoms with Crippen LogP contribution in [0.3, 0.4) is 0 Å². The smallest absolute Gasteiger partial charge is 0.213 e. The van der Waals surface area contributed by atoms with Crippen LogP contribution in [0.5, 0.6) is 17.4 Å². The first-order chi connectivity index (χ1) is 19.0. The van der Waals surface area contributed by atoms with Crippen LogP contribution in [0, 0.1) is 5.92 Å². The summed E-state index contributed by atoms with van der Waals surface area (Å²) in [6, 6.07) is 10.3. The molecule has 0 bridgehead atoms. The Balaban J connectivity index is 1.76. The van der Waals surface area contributed by atoms with Crippen molar-refractivity contribution in [3.8, 4) is 34.6 Å². The average molecular weight is 553 g/mol. The molecule has 1 fully saturated rings. The molecule has 206 valence electrons. The van der Waals surface area contributed by atoms with Gasteiger partial charge in [0.05, 0.1) is 38.8 Å². The Labute approximate surface area is 228 Å². The monoisotopic (exact) mass is 552 g/mol. The molecule has 0 saturated carbocycles. The number of rotatable bonds is 10. The van der Waals surface area contributed by atoms with Gasteiger partial charge in [0.25, 0.3) is 0 Å². The number of nitrogens with zero attached hydrogens (tertiary/aromatic N) is 5. The number of hydrogen-bond donors (Lipinski definition) is 2. The third-order valence-corrected chi connectivity index (χ3v) is 7.10. The topological polar surface area (TPSA) is 148 Å². The van der Waals surface area contributed by atoms with E-state index in [1.165, 1.54) is 0 Å². The molecule has 2 N–H and O–H groups in total. The quantitative estimate of drug-likeness (QED) is 0.281. The number of aromatic nitrogens is 5. The van der Waals surface area contributed by atoms with Crippen LogP contribution < -0.4 is 24.2 Å². The molecule has 0 radical (unpaired) electrons. The van der Waals surface area contributed by atoms with Crippen molar-refractivity contribution in [2.45, 2.75) is 25.8 Å². The molecule has 3 aromatic heterocycles. The van der Waals surface area contributed by atoms with Gasteiger partial charge in [0.2, 0.25) is 5.88 Å². The fourth-order valence-electron chi connectivity index (χ4n) is 4.90. The molecule has 13 heteroatoms. The highest BCUT2D eigenvalue weighted by Crippen LogP contribution is 2.38. The van der Waals surface area contributed by atoms with Crippen LogP contribution >= 0.6 is 0 Å². The Hall–Kier alpha value is -3.65. The fraction of sp³-hybridized carbons (Fsp3) is 0.385. The standard InChI is InChI=1S/C26H31N7O5S/c1-4-38-21-10-5-7-17(29-21)25-31-24-26(33(25)23-19(36-2)8-6-9-20(23)37-3)30-18(15-28-24)22(32-39(34)35)16-11-13-27-14-12-16/h5-10,15-16,22,27,32H,4,11-14H2,1-3H3,(H,34,35)/p-1. The second-order valence-corrected chi connectivity index (χ2v) is 9.64. The fourth-order valence-corrected chi connectivity index (χ4v) is 5.42. The minimum absolute atomic E-state index is 0.0529. The van der Waals surface area contributed by atoms with Gasteiger partial charge in [-0.15, -0.1) is 0 Å². The number of para-hydroxylation sites is 1. The van der Waals surface area contributed by atoms with E-state index in [2.05, 4.69) is 20.0 Å². The number of methoxy groups -OCH3 is 2. The second-order valence-electron chi connectivity index (χ2n) is 8.94. The molecule has 4 heterocycles. The summed E-state index contributed by atoms with van der Waals surface area (Å²) in [6.45, 7) is 3.95. The Kier molecular flexibility index (Phi) is 8.31. The summed E-state index contributed by atoms with van der Waals surface area (Å²) < 4.78 is 45.1. The van der Waals surface area contributed by atoms with Gasteiger partial charge in [-0.05, 0) is 57.0 Å². The van der Waals surface area contributed by atoms with Crippen LogP contribution in [-0.4, -0.2) is 67.2 Å². The highest BCUT2D eigenvalue weighted by molar-refractivity contribution is 7.77. The van der Waals surface area contributed by atoms with Gasteiger partial charge in [-0.3, -0.25) is 8.78 Å². The highest BCUT2D eigenvalue weighted by atomic mass is 32.2. The molecule has 39 heavy (non-hydrogen) atoms. The summed E-state index contributed by atoms with van der Waals surface area (Å²) in [6.07, 6.45) is 3.18. The minimum Gasteiger partial charge on any atom is -0.760 e. The lowest BCUT2D eigenvalue weighted by molar-refractivity contribution is 0.301. The van der Waals surface area contributed by atoms with E-state index in [1.807, 2.05) is 37.3 Å². The molecule has 0 spiro atoms. The van der Waals surface area contributed by atoms with E-state index < -0.39 is 17.3 Å². The molecule has 5 rings (SSSR count). The van der Waals surface area contributed by atoms with Crippen LogP contribution in [0.15, 0.2) is 42.6 Å². The van der Waals surface area contributed by atoms with Crippen LogP contribution in [0.25, 0.3) is 28.5 Å². The summed E-state index contributed by atoms with van der Waals surface area (Å²) in [5.41, 5.74) is 2.36. The van der Waals surface area contributed by atoms with Gasteiger partial charge in [-0.2, -0.15) is 0 Å². The molecule has 4 aromatic rings. The van der Waals surface area contributed by atoms with E-state index in [0.29, 0.717) is 58.2 Å². The van der Waals surface area contributed by atoms with Crippen molar-refractivity contribution in [2.75, 3.05) is 33.9 Å². The van der Waals surface area contributed by atoms with Crippen LogP contribution in [0.1, 0.15) is 31.5 Å². The highest BCUT2D eigenvalue weighted by Gasteiger charge is 2.29. The molecule has 1 saturated heterocycles. The van der Waals surface area contributed by atoms with E-state index in [9.17, 15) is 8.76 Å². The maximum Gasteiger partial charge on any atom is 0.213 e. The van der Waals surface area contributed by atoms with Crippen molar-refractivity contribution in [3.63, 3.8) is 0 Å². The number of fused-ring (bicyclic) bond motifs is 1. The van der Waals surface area contributed by atoms with Crippen LogP contribution in [-0.2, 0) is 11.3 Å². The molecule has 1 aliphatic rings. The maximum atomic E-state index is 11.8. The van der Waals surface area contributed by atoms with Crippen molar-refractivity contribution in [3.05, 3.63) is 48.3 Å². The van der Waals surface area contributed by atoms with E-state index in [1.54, 1.807) is 31.0 Å². The second kappa shape index (κ2) is 12.0. The third kappa shape index (κ3) is 5.57. The summed E-state index contributed by atoms with van der Waals surface area (Å²) in [5.74, 6) is 2.01. The molecule has 0 aliphatic carbocycles. The van der Waals surface area contributed by atoms with Gasteiger partial charge in [0, 0.05) is 17.3 Å². The summed E-state index contributed by atoms with van der Waals surface area (Å²) >= 11 is -2.49. The molecular formula is C26H30N7O5S-. The Morgan fingerprint density at radius 1 is 1.10 bits per heavy atom. The SMILES string of the molecule is CCOc1cccc(-c2nc3ncc(C(NS(=O)[O-])C4CCNCC4)nc3n2-c2c(OC)cccc2OC)n1. The van der Waals surface area contributed by atoms with Crippen molar-refractivity contribution in [1.29, 1.82) is 0 Å². The van der Waals surface area contributed by atoms with Gasteiger partial charge in [0.1, 0.15) is 22.9 Å². The van der Waals surface area contributed by atoms with Crippen molar-refractivity contribution < 1.29 is 23.0 Å². The van der Waals surface area contributed by atoms with Crippen molar-refractivity contribution >= 4 is 22.6 Å². The molecule has 2 unspecified atom stereocenters. The first-order valence-electron chi connectivity index (χ1n) is 12.7. The van der Waals surface area contributed by atoms with E-state index in [4.69, 9.17) is 24.2 Å². The lowest BCUT2D eigenvalue weighted by Crippen LogP contribution is -2.37. The maximum absolute atomic E-state index is 11.8. The molecule has 1 aliphatic heterocycles. The summed E-state index contributed by atoms with van der Waals surface area (Å²) in [7, 11) is 3.14. The Bertz CT molecular complexity index is 1450. The molecule has 12 nitrogen and oxygen atoms in total. The normalized spacial score (nSPS) is 15.7. The zero-order valence-corrected chi connectivity index (χ0v) is 22.7. The summed E-state index contributed by atoms with van der Waals surface area (Å²) in [5, 5.41) is 3.32. The number of benzene rings is 1. The van der Waals surface area contributed by atoms with Gasteiger partial charge in [0.15, 0.2) is 17.1 Å². The van der Waals surface area contributed by atoms with Gasteiger partial charge in [-0.1, -0.05) is 12.1 Å².